The van der Waals surface area contributed by atoms with Crippen molar-refractivity contribution in [3.05, 3.63) is 62.7 Å². The van der Waals surface area contributed by atoms with E-state index in [-0.39, 0.29) is 5.91 Å². The molecule has 0 aromatic heterocycles. The topological polar surface area (TPSA) is 41.1 Å². The van der Waals surface area contributed by atoms with Crippen LogP contribution in [0.4, 0.5) is 5.69 Å². The minimum absolute atomic E-state index is 0.0225. The van der Waals surface area contributed by atoms with Crippen LogP contribution >= 0.6 is 22.6 Å². The van der Waals surface area contributed by atoms with E-state index in [1.165, 1.54) is 11.1 Å². The first-order valence-corrected chi connectivity index (χ1v) is 7.70. The lowest BCUT2D eigenvalue weighted by Gasteiger charge is -2.20. The number of carbonyl (C=O) groups is 1. The molecule has 1 amide bonds. The largest absolute Gasteiger partial charge is 0.322 e. The summed E-state index contributed by atoms with van der Waals surface area (Å²) < 4.78 is 1.11. The van der Waals surface area contributed by atoms with Gasteiger partial charge in [-0.05, 0) is 70.9 Å². The first kappa shape index (κ1) is 13.6. The molecule has 0 saturated carbocycles. The standard InChI is InChI=1S/C16H15IN2O/c17-12-4-2-5-13(9-12)19-16(20)15-6-1-3-11-10-18-8-7-14(11)15/h1-6,9,18H,7-8,10H2,(H,19,20). The lowest BCUT2D eigenvalue weighted by atomic mass is 9.95. The van der Waals surface area contributed by atoms with Crippen LogP contribution in [-0.2, 0) is 13.0 Å². The molecule has 3 nitrogen and oxygen atoms in total. The van der Waals surface area contributed by atoms with E-state index in [2.05, 4.69) is 39.3 Å². The van der Waals surface area contributed by atoms with Crippen molar-refractivity contribution in [1.82, 2.24) is 5.32 Å². The van der Waals surface area contributed by atoms with Crippen LogP contribution in [0, 0.1) is 3.57 Å². The summed E-state index contributed by atoms with van der Waals surface area (Å²) in [7, 11) is 0. The van der Waals surface area contributed by atoms with Crippen LogP contribution in [0.2, 0.25) is 0 Å². The zero-order chi connectivity index (χ0) is 13.9. The average Bonchev–Trinajstić information content (AvgIpc) is 2.46. The van der Waals surface area contributed by atoms with Gasteiger partial charge in [-0.3, -0.25) is 4.79 Å². The molecule has 2 aromatic rings. The molecule has 0 unspecified atom stereocenters. The number of hydrogen-bond donors (Lipinski definition) is 2. The van der Waals surface area contributed by atoms with Gasteiger partial charge in [-0.1, -0.05) is 18.2 Å². The summed E-state index contributed by atoms with van der Waals surface area (Å²) in [4.78, 5) is 12.5. The highest BCUT2D eigenvalue weighted by atomic mass is 127. The van der Waals surface area contributed by atoms with E-state index >= 15 is 0 Å². The molecule has 1 heterocycles. The van der Waals surface area contributed by atoms with Crippen LogP contribution in [0.15, 0.2) is 42.5 Å². The number of rotatable bonds is 2. The first-order valence-electron chi connectivity index (χ1n) is 6.62. The van der Waals surface area contributed by atoms with Crippen molar-refractivity contribution < 1.29 is 4.79 Å². The maximum absolute atomic E-state index is 12.5. The summed E-state index contributed by atoms with van der Waals surface area (Å²) >= 11 is 2.24. The van der Waals surface area contributed by atoms with Gasteiger partial charge in [-0.25, -0.2) is 0 Å². The van der Waals surface area contributed by atoms with Gasteiger partial charge in [0.2, 0.25) is 0 Å². The Morgan fingerprint density at radius 1 is 1.20 bits per heavy atom. The predicted molar refractivity (Wildman–Crippen MR) is 89.0 cm³/mol. The number of nitrogens with one attached hydrogen (secondary N) is 2. The van der Waals surface area contributed by atoms with Crippen LogP contribution in [0.25, 0.3) is 0 Å². The molecule has 0 saturated heterocycles. The van der Waals surface area contributed by atoms with Gasteiger partial charge < -0.3 is 10.6 Å². The number of carbonyl (C=O) groups excluding carboxylic acids is 1. The fraction of sp³-hybridized carbons (Fsp3) is 0.188. The van der Waals surface area contributed by atoms with Gasteiger partial charge in [0.1, 0.15) is 0 Å². The third-order valence-corrected chi connectivity index (χ3v) is 4.14. The van der Waals surface area contributed by atoms with Crippen molar-refractivity contribution in [3.8, 4) is 0 Å². The fourth-order valence-corrected chi connectivity index (χ4v) is 3.05. The zero-order valence-electron chi connectivity index (χ0n) is 10.9. The minimum Gasteiger partial charge on any atom is -0.322 e. The van der Waals surface area contributed by atoms with Crippen molar-refractivity contribution in [2.45, 2.75) is 13.0 Å². The number of fused-ring (bicyclic) bond motifs is 1. The molecule has 3 rings (SSSR count). The van der Waals surface area contributed by atoms with E-state index in [9.17, 15) is 4.79 Å². The Kier molecular flexibility index (Phi) is 4.03. The fourth-order valence-electron chi connectivity index (χ4n) is 2.51. The van der Waals surface area contributed by atoms with Crippen LogP contribution in [-0.4, -0.2) is 12.5 Å². The van der Waals surface area contributed by atoms with Crippen LogP contribution in [0.5, 0.6) is 0 Å². The van der Waals surface area contributed by atoms with E-state index in [0.29, 0.717) is 0 Å². The summed E-state index contributed by atoms with van der Waals surface area (Å²) in [5.74, 6) is -0.0225. The maximum Gasteiger partial charge on any atom is 0.255 e. The number of anilines is 1. The molecule has 2 aromatic carbocycles. The summed E-state index contributed by atoms with van der Waals surface area (Å²) in [5.41, 5.74) is 4.04. The third kappa shape index (κ3) is 2.86. The van der Waals surface area contributed by atoms with Gasteiger partial charge in [0.25, 0.3) is 5.91 Å². The highest BCUT2D eigenvalue weighted by molar-refractivity contribution is 14.1. The van der Waals surface area contributed by atoms with E-state index in [0.717, 1.165) is 34.3 Å². The molecular formula is C16H15IN2O. The molecule has 2 N–H and O–H groups in total. The molecular weight excluding hydrogens is 363 g/mol. The summed E-state index contributed by atoms with van der Waals surface area (Å²) in [6.07, 6.45) is 0.908. The second kappa shape index (κ2) is 5.93. The van der Waals surface area contributed by atoms with Crippen molar-refractivity contribution >= 4 is 34.2 Å². The molecule has 0 fully saturated rings. The van der Waals surface area contributed by atoms with Crippen molar-refractivity contribution in [2.24, 2.45) is 0 Å². The van der Waals surface area contributed by atoms with Gasteiger partial charge in [0.05, 0.1) is 0 Å². The van der Waals surface area contributed by atoms with Gasteiger partial charge in [-0.2, -0.15) is 0 Å². The van der Waals surface area contributed by atoms with Crippen LogP contribution < -0.4 is 10.6 Å². The Morgan fingerprint density at radius 2 is 2.05 bits per heavy atom. The van der Waals surface area contributed by atoms with E-state index < -0.39 is 0 Å². The normalized spacial score (nSPS) is 13.7. The number of amides is 1. The first-order chi connectivity index (χ1) is 9.74. The number of benzene rings is 2. The summed E-state index contributed by atoms with van der Waals surface area (Å²) in [6, 6.07) is 13.8. The Bertz CT molecular complexity index is 655. The van der Waals surface area contributed by atoms with Crippen LogP contribution in [0.3, 0.4) is 0 Å². The molecule has 0 radical (unpaired) electrons. The molecule has 1 aliphatic heterocycles. The molecule has 0 bridgehead atoms. The molecule has 0 spiro atoms. The van der Waals surface area contributed by atoms with Crippen LogP contribution in [0.1, 0.15) is 21.5 Å². The van der Waals surface area contributed by atoms with E-state index in [4.69, 9.17) is 0 Å². The Hall–Kier alpha value is -1.40. The predicted octanol–water partition coefficient (Wildman–Crippen LogP) is 3.19. The highest BCUT2D eigenvalue weighted by Crippen LogP contribution is 2.20. The lowest BCUT2D eigenvalue weighted by molar-refractivity contribution is 0.102. The smallest absolute Gasteiger partial charge is 0.255 e. The minimum atomic E-state index is -0.0225. The average molecular weight is 378 g/mol. The SMILES string of the molecule is O=C(Nc1cccc(I)c1)c1cccc2c1CCNC2. The quantitative estimate of drug-likeness (QED) is 0.789. The van der Waals surface area contributed by atoms with E-state index in [1.54, 1.807) is 0 Å². The second-order valence-electron chi connectivity index (χ2n) is 4.83. The number of halogens is 1. The Labute approximate surface area is 131 Å². The van der Waals surface area contributed by atoms with Gasteiger partial charge in [0, 0.05) is 21.4 Å². The highest BCUT2D eigenvalue weighted by Gasteiger charge is 2.17. The van der Waals surface area contributed by atoms with Crippen molar-refractivity contribution in [3.63, 3.8) is 0 Å². The van der Waals surface area contributed by atoms with E-state index in [1.807, 2.05) is 36.4 Å². The second-order valence-corrected chi connectivity index (χ2v) is 6.08. The molecule has 4 heteroatoms. The molecule has 0 aliphatic carbocycles. The Morgan fingerprint density at radius 3 is 2.90 bits per heavy atom. The van der Waals surface area contributed by atoms with Gasteiger partial charge in [-0.15, -0.1) is 0 Å². The van der Waals surface area contributed by atoms with Gasteiger partial charge in [0.15, 0.2) is 0 Å². The maximum atomic E-state index is 12.5. The number of hydrogen-bond acceptors (Lipinski definition) is 2. The molecule has 20 heavy (non-hydrogen) atoms. The van der Waals surface area contributed by atoms with Gasteiger partial charge >= 0.3 is 0 Å². The third-order valence-electron chi connectivity index (χ3n) is 3.47. The lowest BCUT2D eigenvalue weighted by Crippen LogP contribution is -2.26. The molecule has 102 valence electrons. The molecule has 1 aliphatic rings. The molecule has 0 atom stereocenters. The summed E-state index contributed by atoms with van der Waals surface area (Å²) in [6.45, 7) is 1.78. The Balaban J connectivity index is 1.88. The van der Waals surface area contributed by atoms with Crippen molar-refractivity contribution in [1.29, 1.82) is 0 Å². The summed E-state index contributed by atoms with van der Waals surface area (Å²) in [5, 5.41) is 6.32. The monoisotopic (exact) mass is 378 g/mol. The van der Waals surface area contributed by atoms with Crippen molar-refractivity contribution in [2.75, 3.05) is 11.9 Å². The zero-order valence-corrected chi connectivity index (χ0v) is 13.1.